The van der Waals surface area contributed by atoms with E-state index in [1.165, 1.54) is 6.07 Å². The molecule has 1 aromatic heterocycles. The summed E-state index contributed by atoms with van der Waals surface area (Å²) in [4.78, 5) is 4.05. The molecular formula is C13H17N3O4S. The number of rotatable bonds is 5. The Kier molecular flexibility index (Phi) is 4.29. The normalized spacial score (nSPS) is 11.6. The summed E-state index contributed by atoms with van der Waals surface area (Å²) in [6, 6.07) is 3.29. The van der Waals surface area contributed by atoms with Gasteiger partial charge in [0.1, 0.15) is 10.6 Å². The van der Waals surface area contributed by atoms with E-state index in [1.807, 2.05) is 13.0 Å². The fourth-order valence-electron chi connectivity index (χ4n) is 1.94. The van der Waals surface area contributed by atoms with Gasteiger partial charge in [0.2, 0.25) is 10.0 Å². The number of nitrogens with two attached hydrogens (primary N) is 1. The Morgan fingerprint density at radius 1 is 1.33 bits per heavy atom. The number of benzene rings is 1. The molecule has 0 amide bonds. The first-order chi connectivity index (χ1) is 9.81. The third-order valence-electron chi connectivity index (χ3n) is 2.86. The van der Waals surface area contributed by atoms with Crippen molar-refractivity contribution in [2.24, 2.45) is 5.14 Å². The lowest BCUT2D eigenvalue weighted by Crippen LogP contribution is -2.15. The summed E-state index contributed by atoms with van der Waals surface area (Å²) >= 11 is 0. The predicted molar refractivity (Wildman–Crippen MR) is 75.3 cm³/mol. The van der Waals surface area contributed by atoms with Gasteiger partial charge in [0.15, 0.2) is 12.4 Å². The molecule has 0 spiro atoms. The highest BCUT2D eigenvalue weighted by Gasteiger charge is 2.19. The van der Waals surface area contributed by atoms with E-state index in [2.05, 4.69) is 10.1 Å². The number of hydrogen-bond acceptors (Lipinski definition) is 6. The van der Waals surface area contributed by atoms with Crippen molar-refractivity contribution < 1.29 is 17.7 Å². The molecule has 114 valence electrons. The fourth-order valence-corrected chi connectivity index (χ4v) is 2.77. The zero-order valence-corrected chi connectivity index (χ0v) is 12.9. The fraction of sp³-hybridized carbons (Fsp3) is 0.385. The van der Waals surface area contributed by atoms with Crippen LogP contribution in [0.15, 0.2) is 21.6 Å². The molecule has 0 unspecified atom stereocenters. The number of primary sulfonamides is 1. The molecule has 0 radical (unpaired) electrons. The number of aryl methyl sites for hydroxylation is 3. The highest BCUT2D eigenvalue weighted by atomic mass is 32.2. The van der Waals surface area contributed by atoms with Crippen molar-refractivity contribution in [2.45, 2.75) is 38.7 Å². The van der Waals surface area contributed by atoms with Gasteiger partial charge in [-0.3, -0.25) is 0 Å². The van der Waals surface area contributed by atoms with Gasteiger partial charge in [-0.15, -0.1) is 0 Å². The predicted octanol–water partition coefficient (Wildman–Crippen LogP) is 1.48. The number of sulfonamides is 1. The van der Waals surface area contributed by atoms with Gasteiger partial charge in [0, 0.05) is 6.42 Å². The van der Waals surface area contributed by atoms with E-state index in [4.69, 9.17) is 14.4 Å². The second-order valence-electron chi connectivity index (χ2n) is 4.70. The van der Waals surface area contributed by atoms with Crippen LogP contribution in [0.1, 0.15) is 29.8 Å². The van der Waals surface area contributed by atoms with Crippen molar-refractivity contribution in [3.8, 4) is 5.75 Å². The monoisotopic (exact) mass is 311 g/mol. The summed E-state index contributed by atoms with van der Waals surface area (Å²) in [5.74, 6) is 1.06. The number of aromatic nitrogens is 2. The Labute approximate surface area is 123 Å². The third kappa shape index (κ3) is 3.59. The van der Waals surface area contributed by atoms with Crippen molar-refractivity contribution in [3.05, 3.63) is 35.0 Å². The van der Waals surface area contributed by atoms with Crippen LogP contribution in [0.4, 0.5) is 0 Å². The first-order valence-corrected chi connectivity index (χ1v) is 7.94. The lowest BCUT2D eigenvalue weighted by Gasteiger charge is -2.12. The summed E-state index contributed by atoms with van der Waals surface area (Å²) in [5, 5.41) is 8.98. The maximum absolute atomic E-state index is 11.7. The van der Waals surface area contributed by atoms with Crippen LogP contribution in [0.5, 0.6) is 5.75 Å². The maximum Gasteiger partial charge on any atom is 0.264 e. The van der Waals surface area contributed by atoms with Crippen LogP contribution in [0, 0.1) is 13.8 Å². The van der Waals surface area contributed by atoms with Crippen LogP contribution in [0.2, 0.25) is 0 Å². The molecule has 0 saturated heterocycles. The Hall–Kier alpha value is -1.93. The molecule has 1 aromatic carbocycles. The second-order valence-corrected chi connectivity index (χ2v) is 6.23. The Bertz CT molecular complexity index is 753. The van der Waals surface area contributed by atoms with Crippen LogP contribution in [-0.4, -0.2) is 18.6 Å². The van der Waals surface area contributed by atoms with E-state index in [0.717, 1.165) is 5.56 Å². The van der Waals surface area contributed by atoms with Gasteiger partial charge in [-0.05, 0) is 31.0 Å². The van der Waals surface area contributed by atoms with Gasteiger partial charge in [0.05, 0.1) is 0 Å². The number of hydrogen-bond donors (Lipinski definition) is 1. The Morgan fingerprint density at radius 2 is 2.05 bits per heavy atom. The SMILES string of the molecule is CCc1noc(COc2c(C)cc(C)cc2S(N)(=O)=O)n1. The lowest BCUT2D eigenvalue weighted by molar-refractivity contribution is 0.236. The smallest absolute Gasteiger partial charge is 0.264 e. The number of nitrogens with zero attached hydrogens (tertiary/aromatic N) is 2. The van der Waals surface area contributed by atoms with E-state index in [9.17, 15) is 8.42 Å². The van der Waals surface area contributed by atoms with Crippen molar-refractivity contribution in [2.75, 3.05) is 0 Å². The summed E-state index contributed by atoms with van der Waals surface area (Å²) in [6.45, 7) is 5.43. The van der Waals surface area contributed by atoms with Crippen molar-refractivity contribution >= 4 is 10.0 Å². The first kappa shape index (κ1) is 15.5. The average molecular weight is 311 g/mol. The second kappa shape index (κ2) is 5.82. The van der Waals surface area contributed by atoms with Crippen LogP contribution < -0.4 is 9.88 Å². The van der Waals surface area contributed by atoms with Gasteiger partial charge in [-0.25, -0.2) is 13.6 Å². The van der Waals surface area contributed by atoms with Crippen molar-refractivity contribution in [1.82, 2.24) is 10.1 Å². The lowest BCUT2D eigenvalue weighted by atomic mass is 10.1. The molecule has 21 heavy (non-hydrogen) atoms. The maximum atomic E-state index is 11.7. The molecule has 0 saturated carbocycles. The zero-order valence-electron chi connectivity index (χ0n) is 12.1. The van der Waals surface area contributed by atoms with Gasteiger partial charge in [-0.2, -0.15) is 4.98 Å². The molecule has 2 aromatic rings. The molecule has 0 aliphatic rings. The van der Waals surface area contributed by atoms with Crippen LogP contribution >= 0.6 is 0 Å². The molecule has 0 bridgehead atoms. The molecule has 2 N–H and O–H groups in total. The molecule has 2 rings (SSSR count). The topological polar surface area (TPSA) is 108 Å². The summed E-state index contributed by atoms with van der Waals surface area (Å²) in [7, 11) is -3.87. The molecule has 7 nitrogen and oxygen atoms in total. The average Bonchev–Trinajstić information content (AvgIpc) is 2.83. The number of ether oxygens (including phenoxy) is 1. The van der Waals surface area contributed by atoms with Crippen LogP contribution in [-0.2, 0) is 23.1 Å². The molecule has 8 heteroatoms. The van der Waals surface area contributed by atoms with E-state index >= 15 is 0 Å². The minimum absolute atomic E-state index is 0.0145. The molecule has 0 fully saturated rings. The highest BCUT2D eigenvalue weighted by molar-refractivity contribution is 7.89. The standard InChI is InChI=1S/C13H17N3O4S/c1-4-11-15-12(20-16-11)7-19-13-9(3)5-8(2)6-10(13)21(14,17)18/h5-6H,4,7H2,1-3H3,(H2,14,17,18). The summed E-state index contributed by atoms with van der Waals surface area (Å²) < 4.78 is 33.9. The van der Waals surface area contributed by atoms with Gasteiger partial charge < -0.3 is 9.26 Å². The zero-order chi connectivity index (χ0) is 15.6. The largest absolute Gasteiger partial charge is 0.482 e. The highest BCUT2D eigenvalue weighted by Crippen LogP contribution is 2.29. The van der Waals surface area contributed by atoms with Gasteiger partial charge >= 0.3 is 0 Å². The Morgan fingerprint density at radius 3 is 2.62 bits per heavy atom. The summed E-state index contributed by atoms with van der Waals surface area (Å²) in [5.41, 5.74) is 1.46. The van der Waals surface area contributed by atoms with Crippen LogP contribution in [0.3, 0.4) is 0 Å². The van der Waals surface area contributed by atoms with E-state index < -0.39 is 10.0 Å². The Balaban J connectivity index is 2.31. The molecule has 0 atom stereocenters. The van der Waals surface area contributed by atoms with Gasteiger partial charge in [0.25, 0.3) is 5.89 Å². The molecule has 0 aliphatic carbocycles. The van der Waals surface area contributed by atoms with Crippen molar-refractivity contribution in [1.29, 1.82) is 0 Å². The quantitative estimate of drug-likeness (QED) is 0.895. The van der Waals surface area contributed by atoms with Crippen LogP contribution in [0.25, 0.3) is 0 Å². The van der Waals surface area contributed by atoms with E-state index in [1.54, 1.807) is 13.8 Å². The molecule has 0 aliphatic heterocycles. The third-order valence-corrected chi connectivity index (χ3v) is 3.77. The van der Waals surface area contributed by atoms with Gasteiger partial charge in [-0.1, -0.05) is 18.1 Å². The van der Waals surface area contributed by atoms with E-state index in [0.29, 0.717) is 17.8 Å². The molecule has 1 heterocycles. The first-order valence-electron chi connectivity index (χ1n) is 6.39. The van der Waals surface area contributed by atoms with Crippen molar-refractivity contribution in [3.63, 3.8) is 0 Å². The molecular weight excluding hydrogens is 294 g/mol. The minimum atomic E-state index is -3.87. The minimum Gasteiger partial charge on any atom is -0.482 e. The summed E-state index contributed by atoms with van der Waals surface area (Å²) in [6.07, 6.45) is 0.648. The van der Waals surface area contributed by atoms with E-state index in [-0.39, 0.29) is 23.1 Å².